The molecule has 4 nitrogen and oxygen atoms in total. The van der Waals surface area contributed by atoms with E-state index in [1.165, 1.54) is 25.5 Å². The van der Waals surface area contributed by atoms with Crippen LogP contribution >= 0.6 is 9.47 Å². The highest BCUT2D eigenvalue weighted by Crippen LogP contribution is 2.42. The monoisotopic (exact) mass is 239 g/mol. The molecule has 16 heavy (non-hydrogen) atoms. The van der Waals surface area contributed by atoms with Crippen molar-refractivity contribution in [1.82, 2.24) is 0 Å². The minimum Gasteiger partial charge on any atom is -0.478 e. The maximum atomic E-state index is 11.2. The Morgan fingerprint density at radius 3 is 2.81 bits per heavy atom. The Bertz CT molecular complexity index is 404. The van der Waals surface area contributed by atoms with E-state index in [-0.39, 0.29) is 0 Å². The molecular weight excluding hydrogens is 225 g/mol. The molecule has 0 spiro atoms. The molecule has 0 heterocycles. The summed E-state index contributed by atoms with van der Waals surface area (Å²) >= 11 is 0. The van der Waals surface area contributed by atoms with Gasteiger partial charge < -0.3 is 9.26 Å². The van der Waals surface area contributed by atoms with Gasteiger partial charge >= 0.3 is 6.09 Å². The van der Waals surface area contributed by atoms with Gasteiger partial charge in [-0.1, -0.05) is 6.07 Å². The molecule has 1 aromatic rings. The van der Waals surface area contributed by atoms with E-state index in [1.54, 1.807) is 0 Å². The van der Waals surface area contributed by atoms with Gasteiger partial charge in [-0.15, -0.1) is 0 Å². The number of anilines is 1. The fourth-order valence-electron chi connectivity index (χ4n) is 1.58. The van der Waals surface area contributed by atoms with Gasteiger partial charge in [-0.05, 0) is 36.5 Å². The zero-order valence-corrected chi connectivity index (χ0v) is 10.2. The molecule has 1 aliphatic rings. The summed E-state index contributed by atoms with van der Waals surface area (Å²) in [5.74, 6) is 1.25. The van der Waals surface area contributed by atoms with Gasteiger partial charge in [0.1, 0.15) is 5.75 Å². The molecule has 1 N–H and O–H groups in total. The lowest BCUT2D eigenvalue weighted by molar-refractivity contribution is 0.187. The highest BCUT2D eigenvalue weighted by molar-refractivity contribution is 7.10. The van der Waals surface area contributed by atoms with Gasteiger partial charge in [-0.2, -0.15) is 0 Å². The number of hydrogen-bond acceptors (Lipinski definition) is 3. The average Bonchev–Trinajstić information content (AvgIpc) is 3.12. The lowest BCUT2D eigenvalue weighted by Crippen LogP contribution is -2.11. The SMILES string of the molecule is COC(=O)Nc1cc(C2CC2)ccc1OP. The van der Waals surface area contributed by atoms with Gasteiger partial charge in [0.15, 0.2) is 0 Å². The molecule has 1 fully saturated rings. The van der Waals surface area contributed by atoms with E-state index in [0.29, 0.717) is 17.4 Å². The molecule has 86 valence electrons. The first-order chi connectivity index (χ1) is 7.74. The van der Waals surface area contributed by atoms with Crippen LogP contribution in [0.5, 0.6) is 5.75 Å². The van der Waals surface area contributed by atoms with Crippen LogP contribution in [0, 0.1) is 0 Å². The Kier molecular flexibility index (Phi) is 3.30. The van der Waals surface area contributed by atoms with Crippen LogP contribution in [0.2, 0.25) is 0 Å². The van der Waals surface area contributed by atoms with Crippen LogP contribution in [-0.2, 0) is 4.74 Å². The lowest BCUT2D eigenvalue weighted by Gasteiger charge is -2.10. The number of methoxy groups -OCH3 is 1. The maximum Gasteiger partial charge on any atom is 0.411 e. The molecular formula is C11H14NO3P. The van der Waals surface area contributed by atoms with Crippen LogP contribution in [0.25, 0.3) is 0 Å². The van der Waals surface area contributed by atoms with E-state index in [4.69, 9.17) is 4.52 Å². The van der Waals surface area contributed by atoms with Crippen LogP contribution in [0.3, 0.4) is 0 Å². The Balaban J connectivity index is 2.23. The van der Waals surface area contributed by atoms with Crippen LogP contribution in [-0.4, -0.2) is 13.2 Å². The molecule has 1 aromatic carbocycles. The Morgan fingerprint density at radius 1 is 1.50 bits per heavy atom. The topological polar surface area (TPSA) is 47.6 Å². The van der Waals surface area contributed by atoms with Crippen molar-refractivity contribution in [2.24, 2.45) is 0 Å². The quantitative estimate of drug-likeness (QED) is 0.825. The van der Waals surface area contributed by atoms with Crippen LogP contribution < -0.4 is 9.84 Å². The molecule has 2 rings (SSSR count). The zero-order valence-electron chi connectivity index (χ0n) is 9.03. The fraction of sp³-hybridized carbons (Fsp3) is 0.364. The van der Waals surface area contributed by atoms with Gasteiger partial charge in [0.2, 0.25) is 0 Å². The number of carbonyl (C=O) groups excluding carboxylic acids is 1. The Hall–Kier alpha value is -1.28. The van der Waals surface area contributed by atoms with E-state index >= 15 is 0 Å². The van der Waals surface area contributed by atoms with E-state index in [1.807, 2.05) is 18.2 Å². The van der Waals surface area contributed by atoms with Crippen molar-refractivity contribution >= 4 is 21.2 Å². The molecule has 0 aliphatic heterocycles. The van der Waals surface area contributed by atoms with Gasteiger partial charge in [0.05, 0.1) is 22.3 Å². The van der Waals surface area contributed by atoms with Crippen LogP contribution in [0.15, 0.2) is 18.2 Å². The van der Waals surface area contributed by atoms with Crippen molar-refractivity contribution in [3.05, 3.63) is 23.8 Å². The minimum absolute atomic E-state index is 0.490. The van der Waals surface area contributed by atoms with Crippen molar-refractivity contribution in [3.8, 4) is 5.75 Å². The Labute approximate surface area is 96.6 Å². The summed E-state index contributed by atoms with van der Waals surface area (Å²) in [7, 11) is 3.50. The maximum absolute atomic E-state index is 11.2. The van der Waals surface area contributed by atoms with Gasteiger partial charge in [-0.3, -0.25) is 5.32 Å². The van der Waals surface area contributed by atoms with Gasteiger partial charge in [0, 0.05) is 0 Å². The molecule has 1 aliphatic carbocycles. The average molecular weight is 239 g/mol. The first-order valence-corrected chi connectivity index (χ1v) is 5.57. The molecule has 5 heteroatoms. The highest BCUT2D eigenvalue weighted by Gasteiger charge is 2.24. The number of hydrogen-bond donors (Lipinski definition) is 1. The molecule has 1 unspecified atom stereocenters. The standard InChI is InChI=1S/C11H14NO3P/c1-14-11(13)12-9-6-8(7-2-3-7)4-5-10(9)15-16/h4-7H,2-3,16H2,1H3,(H,12,13). The minimum atomic E-state index is -0.490. The second-order valence-electron chi connectivity index (χ2n) is 3.76. The van der Waals surface area contributed by atoms with E-state index in [0.717, 1.165) is 0 Å². The number of carbonyl (C=O) groups is 1. The van der Waals surface area contributed by atoms with Crippen molar-refractivity contribution < 1.29 is 14.1 Å². The summed E-state index contributed by atoms with van der Waals surface area (Å²) in [6.07, 6.45) is 1.95. The smallest absolute Gasteiger partial charge is 0.411 e. The van der Waals surface area contributed by atoms with Crippen molar-refractivity contribution in [2.75, 3.05) is 12.4 Å². The number of rotatable bonds is 3. The molecule has 1 saturated carbocycles. The Morgan fingerprint density at radius 2 is 2.25 bits per heavy atom. The number of benzene rings is 1. The van der Waals surface area contributed by atoms with E-state index in [2.05, 4.69) is 19.5 Å². The van der Waals surface area contributed by atoms with E-state index in [9.17, 15) is 4.79 Å². The second kappa shape index (κ2) is 4.71. The molecule has 1 amide bonds. The summed E-state index contributed by atoms with van der Waals surface area (Å²) in [6.45, 7) is 0. The number of amides is 1. The predicted molar refractivity (Wildman–Crippen MR) is 64.8 cm³/mol. The van der Waals surface area contributed by atoms with Crippen LogP contribution in [0.4, 0.5) is 10.5 Å². The van der Waals surface area contributed by atoms with Gasteiger partial charge in [-0.25, -0.2) is 4.79 Å². The predicted octanol–water partition coefficient (Wildman–Crippen LogP) is 2.91. The normalized spacial score (nSPS) is 14.4. The summed E-state index contributed by atoms with van der Waals surface area (Å²) in [4.78, 5) is 11.2. The third-order valence-electron chi connectivity index (χ3n) is 2.60. The highest BCUT2D eigenvalue weighted by atomic mass is 31.0. The lowest BCUT2D eigenvalue weighted by atomic mass is 10.1. The molecule has 1 atom stereocenters. The number of nitrogens with one attached hydrogen (secondary N) is 1. The first kappa shape index (κ1) is 11.2. The molecule has 0 bridgehead atoms. The van der Waals surface area contributed by atoms with Gasteiger partial charge in [0.25, 0.3) is 0 Å². The summed E-state index contributed by atoms with van der Waals surface area (Å²) < 4.78 is 9.65. The van der Waals surface area contributed by atoms with E-state index < -0.39 is 6.09 Å². The number of ether oxygens (including phenoxy) is 1. The molecule has 0 radical (unpaired) electrons. The summed E-state index contributed by atoms with van der Waals surface area (Å²) in [5, 5.41) is 2.63. The van der Waals surface area contributed by atoms with Crippen molar-refractivity contribution in [1.29, 1.82) is 0 Å². The summed E-state index contributed by atoms with van der Waals surface area (Å²) in [5.41, 5.74) is 1.88. The summed E-state index contributed by atoms with van der Waals surface area (Å²) in [6, 6.07) is 5.82. The first-order valence-electron chi connectivity index (χ1n) is 5.10. The second-order valence-corrected chi connectivity index (χ2v) is 4.00. The third kappa shape index (κ3) is 2.45. The third-order valence-corrected chi connectivity index (χ3v) is 2.86. The van der Waals surface area contributed by atoms with Crippen LogP contribution in [0.1, 0.15) is 24.3 Å². The van der Waals surface area contributed by atoms with Crippen molar-refractivity contribution in [2.45, 2.75) is 18.8 Å². The van der Waals surface area contributed by atoms with Crippen molar-refractivity contribution in [3.63, 3.8) is 0 Å². The molecule has 0 saturated heterocycles. The largest absolute Gasteiger partial charge is 0.478 e. The zero-order chi connectivity index (χ0) is 11.5. The fourth-order valence-corrected chi connectivity index (χ4v) is 1.79. The molecule has 0 aromatic heterocycles.